The molecule has 9 heteroatoms. The Labute approximate surface area is 255 Å². The van der Waals surface area contributed by atoms with E-state index in [-0.39, 0.29) is 24.5 Å². The Kier molecular flexibility index (Phi) is 9.30. The maximum Gasteiger partial charge on any atom is 0.240 e. The van der Waals surface area contributed by atoms with Crippen molar-refractivity contribution in [2.45, 2.75) is 71.4 Å². The lowest BCUT2D eigenvalue weighted by Gasteiger charge is -2.62. The van der Waals surface area contributed by atoms with E-state index in [0.717, 1.165) is 28.8 Å². The van der Waals surface area contributed by atoms with Crippen LogP contribution in [0.2, 0.25) is 0 Å². The van der Waals surface area contributed by atoms with Crippen LogP contribution in [-0.4, -0.2) is 83.5 Å². The van der Waals surface area contributed by atoms with Crippen LogP contribution in [-0.2, 0) is 21.0 Å². The molecule has 9 nitrogen and oxygen atoms in total. The third kappa shape index (κ3) is 6.51. The zero-order valence-corrected chi connectivity index (χ0v) is 26.3. The second kappa shape index (κ2) is 12.7. The number of nitrogens with one attached hydrogen (secondary N) is 2. The number of benzene rings is 2. The fourth-order valence-corrected chi connectivity index (χ4v) is 7.75. The first-order valence-corrected chi connectivity index (χ1v) is 15.6. The number of likely N-dealkylation sites (N-methyl/N-ethyl adjacent to an activating group) is 1. The average Bonchev–Trinajstić information content (AvgIpc) is 3.32. The van der Waals surface area contributed by atoms with Gasteiger partial charge in [-0.2, -0.15) is 5.06 Å². The molecule has 1 heterocycles. The number of fused-ring (bicyclic) bond motifs is 2. The summed E-state index contributed by atoms with van der Waals surface area (Å²) in [5.41, 5.74) is 3.98. The van der Waals surface area contributed by atoms with Gasteiger partial charge in [-0.3, -0.25) is 14.4 Å². The highest BCUT2D eigenvalue weighted by Gasteiger charge is 2.57. The molecule has 2 aromatic carbocycles. The van der Waals surface area contributed by atoms with Crippen molar-refractivity contribution in [1.29, 1.82) is 0 Å². The van der Waals surface area contributed by atoms with Crippen LogP contribution in [0, 0.1) is 29.1 Å². The van der Waals surface area contributed by atoms with Crippen molar-refractivity contribution in [2.24, 2.45) is 29.1 Å². The molecule has 1 saturated heterocycles. The molecular weight excluding hydrogens is 544 g/mol. The van der Waals surface area contributed by atoms with Crippen LogP contribution in [0.5, 0.6) is 0 Å². The molecule has 0 radical (unpaired) electrons. The van der Waals surface area contributed by atoms with Gasteiger partial charge in [0.15, 0.2) is 0 Å². The lowest BCUT2D eigenvalue weighted by molar-refractivity contribution is -0.183. The summed E-state index contributed by atoms with van der Waals surface area (Å²) in [5.74, 6) is 0.797. The number of amides is 2. The first-order valence-electron chi connectivity index (χ1n) is 15.6. The Bertz CT molecular complexity index is 1300. The average molecular weight is 593 g/mol. The Morgan fingerprint density at radius 3 is 2.44 bits per heavy atom. The lowest BCUT2D eigenvalue weighted by Crippen LogP contribution is -2.62. The van der Waals surface area contributed by atoms with Gasteiger partial charge in [-0.1, -0.05) is 51.1 Å². The van der Waals surface area contributed by atoms with E-state index < -0.39 is 24.2 Å². The second-order valence-corrected chi connectivity index (χ2v) is 13.8. The molecule has 43 heavy (non-hydrogen) atoms. The van der Waals surface area contributed by atoms with Crippen molar-refractivity contribution in [3.8, 4) is 11.1 Å². The van der Waals surface area contributed by atoms with Gasteiger partial charge in [0.1, 0.15) is 12.1 Å². The highest BCUT2D eigenvalue weighted by Crippen LogP contribution is 2.61. The van der Waals surface area contributed by atoms with E-state index in [9.17, 15) is 19.8 Å². The summed E-state index contributed by atoms with van der Waals surface area (Å²) in [6.45, 7) is 8.94. The molecule has 4 unspecified atom stereocenters. The molecule has 3 saturated carbocycles. The number of anilines is 1. The summed E-state index contributed by atoms with van der Waals surface area (Å²) in [5, 5.41) is 28.7. The van der Waals surface area contributed by atoms with Gasteiger partial charge in [0.2, 0.25) is 11.8 Å². The molecule has 0 spiro atoms. The van der Waals surface area contributed by atoms with E-state index >= 15 is 0 Å². The molecule has 2 amide bonds. The third-order valence-electron chi connectivity index (χ3n) is 10.3. The summed E-state index contributed by atoms with van der Waals surface area (Å²) in [6.07, 6.45) is 0.682. The molecule has 0 aromatic heterocycles. The highest BCUT2D eigenvalue weighted by atomic mass is 16.7. The molecule has 4 fully saturated rings. The van der Waals surface area contributed by atoms with E-state index in [2.05, 4.69) is 37.5 Å². The minimum atomic E-state index is -0.836. The van der Waals surface area contributed by atoms with Crippen LogP contribution in [0.1, 0.15) is 46.1 Å². The molecule has 8 atom stereocenters. The number of aliphatic hydroxyl groups is 2. The second-order valence-electron chi connectivity index (χ2n) is 13.8. The van der Waals surface area contributed by atoms with Gasteiger partial charge in [-0.05, 0) is 91.9 Å². The van der Waals surface area contributed by atoms with E-state index in [1.165, 1.54) is 6.42 Å². The van der Waals surface area contributed by atoms with Gasteiger partial charge >= 0.3 is 0 Å². The Morgan fingerprint density at radius 1 is 1.12 bits per heavy atom. The number of hydrogen-bond acceptors (Lipinski definition) is 7. The Hall–Kier alpha value is -2.82. The number of aliphatic hydroxyl groups excluding tert-OH is 2. The standard InChI is InChI=1S/C34H48N4O5/c1-20-27-15-25(34(27,3)4)16-28(20)36-33(42)32-31(21(2)40)29(19-39)43-38(32)17-22-8-7-9-24(14-22)23-10-12-26(13-11-23)35-30(41)18-37(5)6/h7-14,20-21,25,27-29,31-32,39-40H,15-19H2,1-6H3,(H,35,41)(H,36,42)/t20?,21?,25-,27+,28-,29?,31+,32?/m0/s1. The minimum absolute atomic E-state index is 0.0702. The van der Waals surface area contributed by atoms with Gasteiger partial charge < -0.3 is 25.7 Å². The predicted molar refractivity (Wildman–Crippen MR) is 167 cm³/mol. The number of hydroxylamine groups is 2. The van der Waals surface area contributed by atoms with Crippen molar-refractivity contribution in [2.75, 3.05) is 32.6 Å². The highest BCUT2D eigenvalue weighted by molar-refractivity contribution is 5.92. The summed E-state index contributed by atoms with van der Waals surface area (Å²) in [4.78, 5) is 34.0. The Balaban J connectivity index is 1.31. The zero-order valence-electron chi connectivity index (χ0n) is 26.3. The molecule has 2 bridgehead atoms. The smallest absolute Gasteiger partial charge is 0.240 e. The third-order valence-corrected chi connectivity index (χ3v) is 10.3. The van der Waals surface area contributed by atoms with Crippen molar-refractivity contribution in [1.82, 2.24) is 15.3 Å². The fourth-order valence-electron chi connectivity index (χ4n) is 7.75. The molecule has 234 valence electrons. The van der Waals surface area contributed by atoms with Crippen LogP contribution < -0.4 is 10.6 Å². The van der Waals surface area contributed by atoms with Crippen LogP contribution in [0.15, 0.2) is 48.5 Å². The van der Waals surface area contributed by atoms with Gasteiger partial charge in [0, 0.05) is 17.6 Å². The molecule has 6 rings (SSSR count). The van der Waals surface area contributed by atoms with Crippen molar-refractivity contribution in [3.63, 3.8) is 0 Å². The topological polar surface area (TPSA) is 114 Å². The number of carbonyl (C=O) groups is 2. The van der Waals surface area contributed by atoms with Crippen LogP contribution in [0.3, 0.4) is 0 Å². The summed E-state index contributed by atoms with van der Waals surface area (Å²) < 4.78 is 0. The van der Waals surface area contributed by atoms with Crippen molar-refractivity contribution in [3.05, 3.63) is 54.1 Å². The van der Waals surface area contributed by atoms with E-state index in [0.29, 0.717) is 36.3 Å². The number of nitrogens with zero attached hydrogens (tertiary/aromatic N) is 2. The normalized spacial score (nSPS) is 30.5. The van der Waals surface area contributed by atoms with Crippen molar-refractivity contribution < 1.29 is 24.6 Å². The van der Waals surface area contributed by atoms with Gasteiger partial charge in [-0.25, -0.2) is 0 Å². The number of rotatable bonds is 10. The SMILES string of the molecule is CC(O)[C@@H]1C(CO)ON(Cc2cccc(-c3ccc(NC(=O)CN(C)C)cc3)c2)C1C(=O)N[C@H]1C[C@@H]2C[C@H](C1C)C2(C)C. The van der Waals surface area contributed by atoms with Gasteiger partial charge in [-0.15, -0.1) is 0 Å². The van der Waals surface area contributed by atoms with Crippen LogP contribution in [0.25, 0.3) is 11.1 Å². The largest absolute Gasteiger partial charge is 0.394 e. The zero-order chi connectivity index (χ0) is 31.1. The molecule has 3 aliphatic carbocycles. The predicted octanol–water partition coefficient (Wildman–Crippen LogP) is 3.51. The molecule has 4 N–H and O–H groups in total. The minimum Gasteiger partial charge on any atom is -0.394 e. The summed E-state index contributed by atoms with van der Waals surface area (Å²) in [6, 6.07) is 15.1. The van der Waals surface area contributed by atoms with E-state index in [1.54, 1.807) is 12.0 Å². The maximum absolute atomic E-state index is 13.9. The fraction of sp³-hybridized carbons (Fsp3) is 0.588. The van der Waals surface area contributed by atoms with Gasteiger partial charge in [0.25, 0.3) is 0 Å². The van der Waals surface area contributed by atoms with Crippen LogP contribution >= 0.6 is 0 Å². The molecule has 1 aliphatic heterocycles. The first kappa shape index (κ1) is 31.6. The monoisotopic (exact) mass is 592 g/mol. The number of hydrogen-bond donors (Lipinski definition) is 4. The molecule has 4 aliphatic rings. The summed E-state index contributed by atoms with van der Waals surface area (Å²) >= 11 is 0. The maximum atomic E-state index is 13.9. The summed E-state index contributed by atoms with van der Waals surface area (Å²) in [7, 11) is 3.71. The number of carbonyl (C=O) groups excluding carboxylic acids is 2. The molecular formula is C34H48N4O5. The molecule has 2 aromatic rings. The lowest BCUT2D eigenvalue weighted by atomic mass is 9.45. The quantitative estimate of drug-likeness (QED) is 0.334. The van der Waals surface area contributed by atoms with Crippen molar-refractivity contribution >= 4 is 17.5 Å². The van der Waals surface area contributed by atoms with Gasteiger partial charge in [0.05, 0.1) is 25.8 Å². The van der Waals surface area contributed by atoms with E-state index in [4.69, 9.17) is 4.84 Å². The van der Waals surface area contributed by atoms with Crippen LogP contribution in [0.4, 0.5) is 5.69 Å². The first-order chi connectivity index (χ1) is 20.4. The van der Waals surface area contributed by atoms with E-state index in [1.807, 2.05) is 61.5 Å². The Morgan fingerprint density at radius 2 is 1.84 bits per heavy atom.